The topological polar surface area (TPSA) is 64.3 Å². The first-order chi connectivity index (χ1) is 8.63. The second-order valence-corrected chi connectivity index (χ2v) is 4.15. The van der Waals surface area contributed by atoms with Crippen molar-refractivity contribution in [2.24, 2.45) is 0 Å². The molecule has 1 rings (SSSR count). The third-order valence-electron chi connectivity index (χ3n) is 2.93. The number of hydrogen-bond acceptors (Lipinski definition) is 4. The number of esters is 1. The van der Waals surface area contributed by atoms with Crippen LogP contribution in [0.3, 0.4) is 0 Å². The molecular weight excluding hydrogens is 228 g/mol. The Morgan fingerprint density at radius 3 is 2.56 bits per heavy atom. The first-order valence-corrected chi connectivity index (χ1v) is 6.46. The minimum Gasteiger partial charge on any atom is -0.462 e. The van der Waals surface area contributed by atoms with Crippen LogP contribution < -0.4 is 11.1 Å². The van der Waals surface area contributed by atoms with Crippen LogP contribution in [-0.2, 0) is 4.74 Å². The van der Waals surface area contributed by atoms with Gasteiger partial charge in [0.25, 0.3) is 0 Å². The number of para-hydroxylation sites is 1. The number of benzene rings is 1. The van der Waals surface area contributed by atoms with Gasteiger partial charge in [0.05, 0.1) is 23.5 Å². The van der Waals surface area contributed by atoms with Gasteiger partial charge >= 0.3 is 5.97 Å². The molecule has 0 bridgehead atoms. The second kappa shape index (κ2) is 6.89. The van der Waals surface area contributed by atoms with Crippen LogP contribution >= 0.6 is 0 Å². The summed E-state index contributed by atoms with van der Waals surface area (Å²) < 4.78 is 5.04. The molecule has 0 heterocycles. The van der Waals surface area contributed by atoms with E-state index in [1.54, 1.807) is 25.1 Å². The van der Waals surface area contributed by atoms with E-state index in [-0.39, 0.29) is 5.97 Å². The number of rotatable bonds is 6. The van der Waals surface area contributed by atoms with Gasteiger partial charge in [0.2, 0.25) is 0 Å². The maximum atomic E-state index is 11.9. The SMILES string of the molecule is CCOC(=O)c1cccc(N)c1NC(CC)CC. The number of nitrogen functional groups attached to an aromatic ring is 1. The van der Waals surface area contributed by atoms with Gasteiger partial charge in [-0.2, -0.15) is 0 Å². The summed E-state index contributed by atoms with van der Waals surface area (Å²) in [6, 6.07) is 5.59. The zero-order chi connectivity index (χ0) is 13.5. The van der Waals surface area contributed by atoms with Crippen LogP contribution in [0.2, 0.25) is 0 Å². The molecule has 0 amide bonds. The quantitative estimate of drug-likeness (QED) is 0.601. The van der Waals surface area contributed by atoms with Gasteiger partial charge in [0.1, 0.15) is 0 Å². The van der Waals surface area contributed by atoms with Crippen molar-refractivity contribution in [1.29, 1.82) is 0 Å². The van der Waals surface area contributed by atoms with E-state index in [4.69, 9.17) is 10.5 Å². The molecule has 0 spiro atoms. The van der Waals surface area contributed by atoms with E-state index >= 15 is 0 Å². The Kier molecular flexibility index (Phi) is 5.49. The highest BCUT2D eigenvalue weighted by Crippen LogP contribution is 2.26. The van der Waals surface area contributed by atoms with Crippen LogP contribution in [-0.4, -0.2) is 18.6 Å². The average molecular weight is 250 g/mol. The Bertz CT molecular complexity index is 401. The van der Waals surface area contributed by atoms with Gasteiger partial charge in [-0.25, -0.2) is 4.79 Å². The van der Waals surface area contributed by atoms with Crippen molar-refractivity contribution in [2.75, 3.05) is 17.7 Å². The maximum absolute atomic E-state index is 11.9. The lowest BCUT2D eigenvalue weighted by Crippen LogP contribution is -2.20. The number of hydrogen-bond donors (Lipinski definition) is 2. The fourth-order valence-electron chi connectivity index (χ4n) is 1.81. The molecule has 0 atom stereocenters. The fourth-order valence-corrected chi connectivity index (χ4v) is 1.81. The van der Waals surface area contributed by atoms with E-state index in [9.17, 15) is 4.79 Å². The largest absolute Gasteiger partial charge is 0.462 e. The lowest BCUT2D eigenvalue weighted by molar-refractivity contribution is 0.0527. The standard InChI is InChI=1S/C14H22N2O2/c1-4-10(5-2)16-13-11(14(17)18-6-3)8-7-9-12(13)15/h7-10,16H,4-6,15H2,1-3H3. The van der Waals surface area contributed by atoms with Crippen LogP contribution in [0.4, 0.5) is 11.4 Å². The predicted octanol–water partition coefficient (Wildman–Crippen LogP) is 3.05. The number of carbonyl (C=O) groups is 1. The summed E-state index contributed by atoms with van der Waals surface area (Å²) in [6.45, 7) is 6.35. The number of nitrogens with two attached hydrogens (primary N) is 1. The molecule has 0 unspecified atom stereocenters. The monoisotopic (exact) mass is 250 g/mol. The summed E-state index contributed by atoms with van der Waals surface area (Å²) >= 11 is 0. The third-order valence-corrected chi connectivity index (χ3v) is 2.93. The van der Waals surface area contributed by atoms with Gasteiger partial charge < -0.3 is 15.8 Å². The van der Waals surface area contributed by atoms with Gasteiger partial charge in [-0.15, -0.1) is 0 Å². The fraction of sp³-hybridized carbons (Fsp3) is 0.500. The van der Waals surface area contributed by atoms with Gasteiger partial charge in [-0.3, -0.25) is 0 Å². The molecule has 0 aliphatic heterocycles. The molecule has 4 nitrogen and oxygen atoms in total. The minimum absolute atomic E-state index is 0.308. The summed E-state index contributed by atoms with van der Waals surface area (Å²) in [7, 11) is 0. The molecule has 0 saturated carbocycles. The normalized spacial score (nSPS) is 10.4. The van der Waals surface area contributed by atoms with E-state index in [1.165, 1.54) is 0 Å². The van der Waals surface area contributed by atoms with Crippen molar-refractivity contribution < 1.29 is 9.53 Å². The summed E-state index contributed by atoms with van der Waals surface area (Å²) in [6.07, 6.45) is 1.96. The highest BCUT2D eigenvalue weighted by molar-refractivity contribution is 5.98. The number of nitrogens with one attached hydrogen (secondary N) is 1. The lowest BCUT2D eigenvalue weighted by atomic mass is 10.1. The van der Waals surface area contributed by atoms with Crippen LogP contribution in [0.25, 0.3) is 0 Å². The molecule has 1 aromatic rings. The first kappa shape index (κ1) is 14.4. The van der Waals surface area contributed by atoms with E-state index < -0.39 is 0 Å². The minimum atomic E-state index is -0.335. The maximum Gasteiger partial charge on any atom is 0.340 e. The third kappa shape index (κ3) is 3.39. The Morgan fingerprint density at radius 1 is 1.33 bits per heavy atom. The molecule has 0 fully saturated rings. The highest BCUT2D eigenvalue weighted by atomic mass is 16.5. The van der Waals surface area contributed by atoms with Crippen LogP contribution in [0.5, 0.6) is 0 Å². The van der Waals surface area contributed by atoms with Gasteiger partial charge in [-0.1, -0.05) is 19.9 Å². The van der Waals surface area contributed by atoms with E-state index in [0.717, 1.165) is 12.8 Å². The van der Waals surface area contributed by atoms with Crippen LogP contribution in [0, 0.1) is 0 Å². The summed E-state index contributed by atoms with van der Waals surface area (Å²) in [4.78, 5) is 11.9. The van der Waals surface area contributed by atoms with Crippen molar-refractivity contribution in [2.45, 2.75) is 39.7 Å². The van der Waals surface area contributed by atoms with Crippen LogP contribution in [0.1, 0.15) is 44.0 Å². The smallest absolute Gasteiger partial charge is 0.340 e. The van der Waals surface area contributed by atoms with E-state index in [2.05, 4.69) is 19.2 Å². The molecule has 3 N–H and O–H groups in total. The second-order valence-electron chi connectivity index (χ2n) is 4.15. The Hall–Kier alpha value is -1.71. The molecule has 0 radical (unpaired) electrons. The van der Waals surface area contributed by atoms with Crippen molar-refractivity contribution in [3.05, 3.63) is 23.8 Å². The molecule has 0 saturated heterocycles. The van der Waals surface area contributed by atoms with Crippen molar-refractivity contribution in [3.8, 4) is 0 Å². The molecule has 4 heteroatoms. The summed E-state index contributed by atoms with van der Waals surface area (Å²) in [5, 5.41) is 3.33. The molecule has 1 aromatic carbocycles. The van der Waals surface area contributed by atoms with Gasteiger partial charge in [0, 0.05) is 6.04 Å². The van der Waals surface area contributed by atoms with Gasteiger partial charge in [-0.05, 0) is 31.9 Å². The molecule has 18 heavy (non-hydrogen) atoms. The molecular formula is C14H22N2O2. The first-order valence-electron chi connectivity index (χ1n) is 6.46. The van der Waals surface area contributed by atoms with Gasteiger partial charge in [0.15, 0.2) is 0 Å². The highest BCUT2D eigenvalue weighted by Gasteiger charge is 2.16. The Labute approximate surface area is 109 Å². The summed E-state index contributed by atoms with van der Waals surface area (Å²) in [5.41, 5.74) is 7.71. The zero-order valence-corrected chi connectivity index (χ0v) is 11.3. The zero-order valence-electron chi connectivity index (χ0n) is 11.3. The molecule has 0 aliphatic rings. The van der Waals surface area contributed by atoms with E-state index in [0.29, 0.717) is 29.6 Å². The van der Waals surface area contributed by atoms with E-state index in [1.807, 2.05) is 0 Å². The van der Waals surface area contributed by atoms with Crippen LogP contribution in [0.15, 0.2) is 18.2 Å². The number of ether oxygens (including phenoxy) is 1. The Balaban J connectivity index is 3.04. The molecule has 0 aromatic heterocycles. The lowest BCUT2D eigenvalue weighted by Gasteiger charge is -2.20. The van der Waals surface area contributed by atoms with Crippen molar-refractivity contribution >= 4 is 17.3 Å². The summed E-state index contributed by atoms with van der Waals surface area (Å²) in [5.74, 6) is -0.335. The molecule has 100 valence electrons. The number of carbonyl (C=O) groups excluding carboxylic acids is 1. The number of anilines is 2. The average Bonchev–Trinajstić information content (AvgIpc) is 2.37. The Morgan fingerprint density at radius 2 is 2.00 bits per heavy atom. The van der Waals surface area contributed by atoms with Crippen molar-refractivity contribution in [3.63, 3.8) is 0 Å². The molecule has 0 aliphatic carbocycles. The predicted molar refractivity (Wildman–Crippen MR) is 74.8 cm³/mol. The van der Waals surface area contributed by atoms with Crippen molar-refractivity contribution in [1.82, 2.24) is 0 Å².